The summed E-state index contributed by atoms with van der Waals surface area (Å²) in [6.45, 7) is 0.0902. The summed E-state index contributed by atoms with van der Waals surface area (Å²) in [4.78, 5) is 11.6. The highest BCUT2D eigenvalue weighted by atomic mass is 32.2. The molecule has 1 aromatic heterocycles. The zero-order valence-electron chi connectivity index (χ0n) is 10.2. The Morgan fingerprint density at radius 2 is 2.21 bits per heavy atom. The normalized spacial score (nSPS) is 11.6. The molecule has 2 aromatic rings. The first-order valence-corrected chi connectivity index (χ1v) is 8.25. The van der Waals surface area contributed by atoms with E-state index in [4.69, 9.17) is 0 Å². The van der Waals surface area contributed by atoms with Crippen LogP contribution in [0.5, 0.6) is 0 Å². The van der Waals surface area contributed by atoms with Crippen molar-refractivity contribution in [3.05, 3.63) is 23.6 Å². The minimum Gasteiger partial charge on any atom is -0.326 e. The summed E-state index contributed by atoms with van der Waals surface area (Å²) in [7, 11) is -3.25. The van der Waals surface area contributed by atoms with Gasteiger partial charge >= 0.3 is 0 Å². The van der Waals surface area contributed by atoms with Gasteiger partial charge in [-0.3, -0.25) is 4.79 Å². The second kappa shape index (κ2) is 5.64. The lowest BCUT2D eigenvalue weighted by Crippen LogP contribution is -2.26. The minimum absolute atomic E-state index is 0.0902. The highest BCUT2D eigenvalue weighted by molar-refractivity contribution is 7.88. The molecule has 1 heterocycles. The van der Waals surface area contributed by atoms with Crippen LogP contribution in [0.15, 0.2) is 23.6 Å². The quantitative estimate of drug-likeness (QED) is 0.867. The standard InChI is InChI=1S/C11H13N3O3S2/c1-19(16,17)12-5-4-11(15)13-9-2-3-10-8(6-9)7-18-14-10/h2-3,6-7,12H,4-5H2,1H3,(H,13,15). The Hall–Kier alpha value is -1.51. The van der Waals surface area contributed by atoms with Crippen LogP contribution in [0.2, 0.25) is 0 Å². The molecule has 0 radical (unpaired) electrons. The third-order valence-electron chi connectivity index (χ3n) is 2.36. The third-order valence-corrected chi connectivity index (χ3v) is 3.75. The maximum Gasteiger partial charge on any atom is 0.225 e. The van der Waals surface area contributed by atoms with Gasteiger partial charge in [0.2, 0.25) is 15.9 Å². The first kappa shape index (κ1) is 13.9. The number of amides is 1. The summed E-state index contributed by atoms with van der Waals surface area (Å²) in [6, 6.07) is 5.43. The topological polar surface area (TPSA) is 88.2 Å². The van der Waals surface area contributed by atoms with E-state index >= 15 is 0 Å². The molecule has 102 valence electrons. The van der Waals surface area contributed by atoms with Crippen LogP contribution in [-0.4, -0.2) is 31.5 Å². The van der Waals surface area contributed by atoms with Gasteiger partial charge in [-0.1, -0.05) is 0 Å². The lowest BCUT2D eigenvalue weighted by Gasteiger charge is -2.05. The van der Waals surface area contributed by atoms with Crippen molar-refractivity contribution in [2.45, 2.75) is 6.42 Å². The van der Waals surface area contributed by atoms with Crippen molar-refractivity contribution in [2.75, 3.05) is 18.1 Å². The van der Waals surface area contributed by atoms with Gasteiger partial charge in [0.1, 0.15) is 0 Å². The van der Waals surface area contributed by atoms with Crippen molar-refractivity contribution in [2.24, 2.45) is 0 Å². The zero-order valence-corrected chi connectivity index (χ0v) is 11.8. The number of aromatic nitrogens is 1. The van der Waals surface area contributed by atoms with E-state index in [0.717, 1.165) is 17.2 Å². The molecule has 8 heteroatoms. The summed E-state index contributed by atoms with van der Waals surface area (Å²) in [5.41, 5.74) is 1.57. The van der Waals surface area contributed by atoms with E-state index in [2.05, 4.69) is 14.4 Å². The maximum atomic E-state index is 11.6. The molecule has 0 saturated carbocycles. The molecule has 2 rings (SSSR count). The third kappa shape index (κ3) is 4.27. The number of rotatable bonds is 5. The largest absolute Gasteiger partial charge is 0.326 e. The molecule has 19 heavy (non-hydrogen) atoms. The molecule has 1 aromatic carbocycles. The maximum absolute atomic E-state index is 11.6. The van der Waals surface area contributed by atoms with Crippen molar-refractivity contribution in [3.63, 3.8) is 0 Å². The van der Waals surface area contributed by atoms with E-state index in [1.165, 1.54) is 11.5 Å². The number of carbonyl (C=O) groups is 1. The molecule has 0 aliphatic rings. The highest BCUT2D eigenvalue weighted by Gasteiger charge is 2.06. The van der Waals surface area contributed by atoms with Crippen LogP contribution in [0.1, 0.15) is 6.42 Å². The first-order valence-electron chi connectivity index (χ1n) is 5.53. The molecule has 1 amide bonds. The van der Waals surface area contributed by atoms with Gasteiger partial charge in [0.15, 0.2) is 0 Å². The SMILES string of the molecule is CS(=O)(=O)NCCC(=O)Nc1ccc2nscc2c1. The molecule has 0 fully saturated rings. The average Bonchev–Trinajstić information content (AvgIpc) is 2.74. The number of hydrogen-bond acceptors (Lipinski definition) is 5. The smallest absolute Gasteiger partial charge is 0.225 e. The zero-order chi connectivity index (χ0) is 13.9. The molecule has 2 N–H and O–H groups in total. The molecule has 0 spiro atoms. The van der Waals surface area contributed by atoms with E-state index in [0.29, 0.717) is 5.69 Å². The van der Waals surface area contributed by atoms with Crippen LogP contribution < -0.4 is 10.0 Å². The Kier molecular flexibility index (Phi) is 4.13. The summed E-state index contributed by atoms with van der Waals surface area (Å²) in [5, 5.41) is 5.58. The number of fused-ring (bicyclic) bond motifs is 1. The minimum atomic E-state index is -3.25. The monoisotopic (exact) mass is 299 g/mol. The Morgan fingerprint density at radius 1 is 1.42 bits per heavy atom. The van der Waals surface area contributed by atoms with Gasteiger partial charge < -0.3 is 5.32 Å². The van der Waals surface area contributed by atoms with Crippen LogP contribution in [0, 0.1) is 0 Å². The van der Waals surface area contributed by atoms with Gasteiger partial charge in [0, 0.05) is 29.4 Å². The van der Waals surface area contributed by atoms with Crippen molar-refractivity contribution in [1.82, 2.24) is 9.10 Å². The summed E-state index contributed by atoms with van der Waals surface area (Å²) < 4.78 is 28.1. The second-order valence-corrected chi connectivity index (χ2v) is 6.51. The lowest BCUT2D eigenvalue weighted by atomic mass is 10.2. The summed E-state index contributed by atoms with van der Waals surface area (Å²) in [6.07, 6.45) is 1.15. The van der Waals surface area contributed by atoms with E-state index in [1.807, 2.05) is 17.5 Å². The Labute approximate surface area is 115 Å². The number of nitrogens with zero attached hydrogens (tertiary/aromatic N) is 1. The van der Waals surface area contributed by atoms with Gasteiger partial charge in [0.05, 0.1) is 11.8 Å². The van der Waals surface area contributed by atoms with E-state index in [-0.39, 0.29) is 18.9 Å². The highest BCUT2D eigenvalue weighted by Crippen LogP contribution is 2.19. The molecular weight excluding hydrogens is 286 g/mol. The van der Waals surface area contributed by atoms with Gasteiger partial charge in [-0.05, 0) is 29.7 Å². The predicted octanol–water partition coefficient (Wildman–Crippen LogP) is 1.17. The Morgan fingerprint density at radius 3 is 2.95 bits per heavy atom. The fraction of sp³-hybridized carbons (Fsp3) is 0.273. The summed E-state index contributed by atoms with van der Waals surface area (Å²) in [5.74, 6) is -0.237. The Bertz CT molecular complexity index is 694. The van der Waals surface area contributed by atoms with E-state index < -0.39 is 10.0 Å². The van der Waals surface area contributed by atoms with Gasteiger partial charge in [-0.25, -0.2) is 13.1 Å². The number of hydrogen-bond donors (Lipinski definition) is 2. The molecule has 6 nitrogen and oxygen atoms in total. The molecule has 0 aliphatic carbocycles. The van der Waals surface area contributed by atoms with Crippen molar-refractivity contribution < 1.29 is 13.2 Å². The van der Waals surface area contributed by atoms with E-state index in [1.54, 1.807) is 6.07 Å². The number of anilines is 1. The molecule has 0 unspecified atom stereocenters. The molecule has 0 aliphatic heterocycles. The van der Waals surface area contributed by atoms with Gasteiger partial charge in [-0.15, -0.1) is 0 Å². The van der Waals surface area contributed by atoms with Crippen molar-refractivity contribution in [1.29, 1.82) is 0 Å². The fourth-order valence-electron chi connectivity index (χ4n) is 1.52. The first-order chi connectivity index (χ1) is 8.94. The van der Waals surface area contributed by atoms with Crippen LogP contribution in [0.3, 0.4) is 0 Å². The van der Waals surface area contributed by atoms with Crippen molar-refractivity contribution >= 4 is 44.1 Å². The predicted molar refractivity (Wildman–Crippen MR) is 75.7 cm³/mol. The van der Waals surface area contributed by atoms with E-state index in [9.17, 15) is 13.2 Å². The number of benzene rings is 1. The van der Waals surface area contributed by atoms with Gasteiger partial charge in [0.25, 0.3) is 0 Å². The molecular formula is C11H13N3O3S2. The number of nitrogens with one attached hydrogen (secondary N) is 2. The van der Waals surface area contributed by atoms with Crippen LogP contribution in [0.4, 0.5) is 5.69 Å². The van der Waals surface area contributed by atoms with Crippen LogP contribution >= 0.6 is 11.5 Å². The second-order valence-electron chi connectivity index (χ2n) is 4.05. The average molecular weight is 299 g/mol. The number of sulfonamides is 1. The van der Waals surface area contributed by atoms with Gasteiger partial charge in [-0.2, -0.15) is 4.37 Å². The Balaban J connectivity index is 1.91. The molecule has 0 atom stereocenters. The van der Waals surface area contributed by atoms with Crippen LogP contribution in [0.25, 0.3) is 10.9 Å². The molecule has 0 bridgehead atoms. The van der Waals surface area contributed by atoms with Crippen molar-refractivity contribution in [3.8, 4) is 0 Å². The number of carbonyl (C=O) groups excluding carboxylic acids is 1. The fourth-order valence-corrected chi connectivity index (χ4v) is 2.63. The summed E-state index contributed by atoms with van der Waals surface area (Å²) >= 11 is 1.36. The molecule has 0 saturated heterocycles. The lowest BCUT2D eigenvalue weighted by molar-refractivity contribution is -0.116. The van der Waals surface area contributed by atoms with Crippen LogP contribution in [-0.2, 0) is 14.8 Å².